The summed E-state index contributed by atoms with van der Waals surface area (Å²) in [6.45, 7) is 11.0. The molecule has 0 bridgehead atoms. The molecule has 0 saturated heterocycles. The average molecular weight is 469 g/mol. The highest BCUT2D eigenvalue weighted by atomic mass is 32.2. The van der Waals surface area contributed by atoms with Crippen molar-refractivity contribution < 1.29 is 14.3 Å². The highest BCUT2D eigenvalue weighted by Gasteiger charge is 2.22. The molecule has 1 unspecified atom stereocenters. The topological polar surface area (TPSA) is 78.3 Å². The first kappa shape index (κ1) is 24.6. The van der Waals surface area contributed by atoms with Crippen molar-refractivity contribution in [3.8, 4) is 11.5 Å². The molecule has 3 aromatic rings. The van der Waals surface area contributed by atoms with Gasteiger partial charge in [-0.2, -0.15) is 0 Å². The molecule has 3 rings (SSSR count). The highest BCUT2D eigenvalue weighted by molar-refractivity contribution is 7.99. The fourth-order valence-electron chi connectivity index (χ4n) is 3.41. The Morgan fingerprint density at radius 2 is 1.79 bits per heavy atom. The van der Waals surface area contributed by atoms with Crippen molar-refractivity contribution in [1.82, 2.24) is 14.8 Å². The Morgan fingerprint density at radius 1 is 1.06 bits per heavy atom. The van der Waals surface area contributed by atoms with Gasteiger partial charge in [0.25, 0.3) is 0 Å². The molecule has 7 nitrogen and oxygen atoms in total. The fourth-order valence-corrected chi connectivity index (χ4v) is 4.16. The number of aromatic nitrogens is 3. The van der Waals surface area contributed by atoms with Gasteiger partial charge in [-0.3, -0.25) is 4.79 Å². The second kappa shape index (κ2) is 11.2. The number of methoxy groups -OCH3 is 1. The number of nitrogens with zero attached hydrogens (tertiary/aromatic N) is 3. The lowest BCUT2D eigenvalue weighted by molar-refractivity contribution is -0.113. The molecular weight excluding hydrogens is 436 g/mol. The van der Waals surface area contributed by atoms with Gasteiger partial charge in [0.2, 0.25) is 5.91 Å². The van der Waals surface area contributed by atoms with Crippen LogP contribution < -0.4 is 14.8 Å². The van der Waals surface area contributed by atoms with Crippen molar-refractivity contribution in [2.24, 2.45) is 5.92 Å². The Balaban J connectivity index is 1.73. The third kappa shape index (κ3) is 6.28. The summed E-state index contributed by atoms with van der Waals surface area (Å²) in [5.41, 5.74) is 3.05. The maximum absolute atomic E-state index is 12.6. The highest BCUT2D eigenvalue weighted by Crippen LogP contribution is 2.31. The van der Waals surface area contributed by atoms with E-state index in [4.69, 9.17) is 9.47 Å². The molecule has 0 fully saturated rings. The van der Waals surface area contributed by atoms with E-state index in [-0.39, 0.29) is 17.8 Å². The summed E-state index contributed by atoms with van der Waals surface area (Å²) < 4.78 is 13.6. The van der Waals surface area contributed by atoms with Gasteiger partial charge in [-0.1, -0.05) is 49.9 Å². The number of aryl methyl sites for hydroxylation is 1. The van der Waals surface area contributed by atoms with E-state index in [1.54, 1.807) is 7.11 Å². The number of rotatable bonds is 10. The lowest BCUT2D eigenvalue weighted by Gasteiger charge is -2.19. The first-order chi connectivity index (χ1) is 15.8. The van der Waals surface area contributed by atoms with Crippen molar-refractivity contribution in [3.05, 3.63) is 59.4 Å². The molecule has 0 saturated carbocycles. The van der Waals surface area contributed by atoms with Gasteiger partial charge in [0.05, 0.1) is 12.9 Å². The van der Waals surface area contributed by atoms with Crippen molar-refractivity contribution in [2.45, 2.75) is 52.4 Å². The quantitative estimate of drug-likeness (QED) is 0.400. The lowest BCUT2D eigenvalue weighted by atomic mass is 10.1. The number of carbonyl (C=O) groups excluding carboxylic acids is 1. The van der Waals surface area contributed by atoms with Crippen molar-refractivity contribution in [2.75, 3.05) is 18.2 Å². The fraction of sp³-hybridized carbons (Fsp3) is 0.400. The summed E-state index contributed by atoms with van der Waals surface area (Å²) in [6, 6.07) is 13.4. The van der Waals surface area contributed by atoms with Crippen LogP contribution in [0.1, 0.15) is 43.8 Å². The zero-order valence-electron chi connectivity index (χ0n) is 20.1. The number of anilines is 1. The largest absolute Gasteiger partial charge is 0.493 e. The number of hydrogen-bond acceptors (Lipinski definition) is 6. The minimum absolute atomic E-state index is 0.0762. The van der Waals surface area contributed by atoms with E-state index in [1.807, 2.05) is 67.8 Å². The second-order valence-corrected chi connectivity index (χ2v) is 9.28. The second-order valence-electron chi connectivity index (χ2n) is 8.34. The first-order valence-corrected chi connectivity index (χ1v) is 12.0. The molecule has 1 aromatic heterocycles. The lowest BCUT2D eigenvalue weighted by Crippen LogP contribution is -2.17. The normalized spacial score (nSPS) is 12.0. The third-order valence-electron chi connectivity index (χ3n) is 5.24. The van der Waals surface area contributed by atoms with Gasteiger partial charge in [-0.05, 0) is 56.0 Å². The number of benzene rings is 2. The van der Waals surface area contributed by atoms with Gasteiger partial charge in [0, 0.05) is 12.2 Å². The third-order valence-corrected chi connectivity index (χ3v) is 6.21. The molecule has 33 heavy (non-hydrogen) atoms. The van der Waals surface area contributed by atoms with Crippen molar-refractivity contribution in [3.63, 3.8) is 0 Å². The van der Waals surface area contributed by atoms with Gasteiger partial charge in [-0.25, -0.2) is 0 Å². The Bertz CT molecular complexity index is 1100. The molecule has 1 heterocycles. The van der Waals surface area contributed by atoms with E-state index < -0.39 is 0 Å². The van der Waals surface area contributed by atoms with E-state index in [0.717, 1.165) is 23.4 Å². The van der Waals surface area contributed by atoms with Crippen LogP contribution in [0.25, 0.3) is 0 Å². The summed E-state index contributed by atoms with van der Waals surface area (Å²) in [7, 11) is 1.62. The Hall–Kier alpha value is -3.00. The van der Waals surface area contributed by atoms with E-state index in [2.05, 4.69) is 29.4 Å². The first-order valence-electron chi connectivity index (χ1n) is 11.0. The zero-order chi connectivity index (χ0) is 24.0. The van der Waals surface area contributed by atoms with Crippen LogP contribution in [0.2, 0.25) is 0 Å². The molecule has 1 atom stereocenters. The van der Waals surface area contributed by atoms with E-state index in [9.17, 15) is 4.79 Å². The Kier molecular flexibility index (Phi) is 8.38. The number of nitrogens with one attached hydrogen (secondary N) is 1. The molecular formula is C25H32N4O3S. The maximum atomic E-state index is 12.6. The van der Waals surface area contributed by atoms with Crippen molar-refractivity contribution >= 4 is 23.4 Å². The number of amides is 1. The molecule has 8 heteroatoms. The summed E-state index contributed by atoms with van der Waals surface area (Å²) >= 11 is 1.38. The van der Waals surface area contributed by atoms with Crippen LogP contribution in [0.3, 0.4) is 0 Å². The molecule has 1 amide bonds. The van der Waals surface area contributed by atoms with Crippen molar-refractivity contribution in [1.29, 1.82) is 0 Å². The van der Waals surface area contributed by atoms with Crippen LogP contribution in [0.5, 0.6) is 11.5 Å². The maximum Gasteiger partial charge on any atom is 0.234 e. The van der Waals surface area contributed by atoms with Gasteiger partial charge in [-0.15, -0.1) is 10.2 Å². The van der Waals surface area contributed by atoms with E-state index in [1.165, 1.54) is 11.8 Å². The molecule has 2 aromatic carbocycles. The van der Waals surface area contributed by atoms with Crippen LogP contribution in [0, 0.1) is 19.8 Å². The van der Waals surface area contributed by atoms with Crippen LogP contribution in [-0.4, -0.2) is 33.5 Å². The average Bonchev–Trinajstić information content (AvgIpc) is 3.17. The number of para-hydroxylation sites is 2. The van der Waals surface area contributed by atoms with E-state index in [0.29, 0.717) is 28.4 Å². The van der Waals surface area contributed by atoms with Crippen LogP contribution in [0.4, 0.5) is 5.69 Å². The molecule has 1 N–H and O–H groups in total. The Morgan fingerprint density at radius 3 is 2.48 bits per heavy atom. The number of carbonyl (C=O) groups is 1. The van der Waals surface area contributed by atoms with Gasteiger partial charge < -0.3 is 19.4 Å². The number of thioether (sulfide) groups is 1. The molecule has 0 spiro atoms. The van der Waals surface area contributed by atoms with Gasteiger partial charge >= 0.3 is 0 Å². The summed E-state index contributed by atoms with van der Waals surface area (Å²) in [4.78, 5) is 12.6. The predicted molar refractivity (Wildman–Crippen MR) is 132 cm³/mol. The van der Waals surface area contributed by atoms with Gasteiger partial charge in [0.1, 0.15) is 0 Å². The monoisotopic (exact) mass is 468 g/mol. The predicted octanol–water partition coefficient (Wildman–Crippen LogP) is 5.43. The molecule has 0 aliphatic heterocycles. The molecule has 0 radical (unpaired) electrons. The standard InChI is InChI=1S/C25H32N4O3S/c1-16(2)14-29-24(19(5)32-22-13-8-7-12-21(22)31-6)27-28-25(29)33-15-23(30)26-20-11-9-10-17(3)18(20)4/h7-13,16,19H,14-15H2,1-6H3,(H,26,30). The van der Waals surface area contributed by atoms with Crippen LogP contribution in [-0.2, 0) is 11.3 Å². The molecule has 0 aliphatic carbocycles. The minimum atomic E-state index is -0.342. The Labute approximate surface area is 199 Å². The molecule has 0 aliphatic rings. The summed E-state index contributed by atoms with van der Waals surface area (Å²) in [6.07, 6.45) is -0.342. The van der Waals surface area contributed by atoms with E-state index >= 15 is 0 Å². The van der Waals surface area contributed by atoms with Crippen LogP contribution in [0.15, 0.2) is 47.6 Å². The summed E-state index contributed by atoms with van der Waals surface area (Å²) in [5, 5.41) is 12.5. The van der Waals surface area contributed by atoms with Gasteiger partial charge in [0.15, 0.2) is 28.6 Å². The SMILES string of the molecule is COc1ccccc1OC(C)c1nnc(SCC(=O)Nc2cccc(C)c2C)n1CC(C)C. The molecule has 176 valence electrons. The summed E-state index contributed by atoms with van der Waals surface area (Å²) in [5.74, 6) is 2.57. The number of ether oxygens (including phenoxy) is 2. The zero-order valence-corrected chi connectivity index (χ0v) is 20.9. The number of hydrogen-bond donors (Lipinski definition) is 1. The van der Waals surface area contributed by atoms with Crippen LogP contribution >= 0.6 is 11.8 Å². The minimum Gasteiger partial charge on any atom is -0.493 e. The smallest absolute Gasteiger partial charge is 0.234 e.